The average Bonchev–Trinajstić information content (AvgIpc) is 2.35. The van der Waals surface area contributed by atoms with Gasteiger partial charge in [0, 0.05) is 19.6 Å². The molecule has 1 aromatic rings. The number of carbonyl (C=O) groups is 1. The van der Waals surface area contributed by atoms with Crippen LogP contribution in [0.4, 0.5) is 0 Å². The Morgan fingerprint density at radius 3 is 3.00 bits per heavy atom. The summed E-state index contributed by atoms with van der Waals surface area (Å²) >= 11 is 0. The Kier molecular flexibility index (Phi) is 3.59. The van der Waals surface area contributed by atoms with Gasteiger partial charge in [-0.3, -0.25) is 4.90 Å². The Morgan fingerprint density at radius 1 is 1.47 bits per heavy atom. The molecule has 2 rings (SSSR count). The number of nitrogens with zero attached hydrogens (tertiary/aromatic N) is 1. The molecule has 0 fully saturated rings. The minimum Gasteiger partial charge on any atom is -0.478 e. The third-order valence-corrected chi connectivity index (χ3v) is 3.14. The van der Waals surface area contributed by atoms with Gasteiger partial charge in [0.1, 0.15) is 0 Å². The van der Waals surface area contributed by atoms with E-state index in [0.717, 1.165) is 31.6 Å². The Bertz CT molecular complexity index is 452. The van der Waals surface area contributed by atoms with E-state index in [1.807, 2.05) is 19.1 Å². The molecule has 0 aromatic heterocycles. The molecule has 0 aliphatic carbocycles. The van der Waals surface area contributed by atoms with Gasteiger partial charge in [-0.2, -0.15) is 0 Å². The molecule has 1 aromatic carbocycles. The van der Waals surface area contributed by atoms with Crippen LogP contribution in [0, 0.1) is 0 Å². The van der Waals surface area contributed by atoms with Crippen LogP contribution in [0.1, 0.15) is 28.4 Å². The molecule has 0 unspecified atom stereocenters. The Hall–Kier alpha value is -1.61. The molecular formula is C14H17NO2. The van der Waals surface area contributed by atoms with Gasteiger partial charge in [0.2, 0.25) is 0 Å². The molecule has 0 bridgehead atoms. The van der Waals surface area contributed by atoms with E-state index in [-0.39, 0.29) is 0 Å². The van der Waals surface area contributed by atoms with E-state index in [1.165, 1.54) is 5.56 Å². The average molecular weight is 231 g/mol. The SMILES string of the molecule is C/C=C/CN1CCc2ccc(C(=O)O)cc2C1. The first-order chi connectivity index (χ1) is 8.20. The molecule has 1 aliphatic heterocycles. The quantitative estimate of drug-likeness (QED) is 0.812. The van der Waals surface area contributed by atoms with Crippen LogP contribution in [-0.4, -0.2) is 29.1 Å². The monoisotopic (exact) mass is 231 g/mol. The van der Waals surface area contributed by atoms with Crippen molar-refractivity contribution in [2.45, 2.75) is 19.9 Å². The van der Waals surface area contributed by atoms with Crippen LogP contribution < -0.4 is 0 Å². The minimum absolute atomic E-state index is 0.386. The van der Waals surface area contributed by atoms with Gasteiger partial charge in [0.05, 0.1) is 5.56 Å². The fraction of sp³-hybridized carbons (Fsp3) is 0.357. The lowest BCUT2D eigenvalue weighted by Crippen LogP contribution is -2.30. The number of hydrogen-bond donors (Lipinski definition) is 1. The van der Waals surface area contributed by atoms with Crippen molar-refractivity contribution < 1.29 is 9.90 Å². The first-order valence-corrected chi connectivity index (χ1v) is 5.89. The van der Waals surface area contributed by atoms with Crippen molar-refractivity contribution in [2.24, 2.45) is 0 Å². The number of rotatable bonds is 3. The number of fused-ring (bicyclic) bond motifs is 1. The molecule has 0 atom stereocenters. The number of carboxylic acid groups (broad SMARTS) is 1. The zero-order valence-corrected chi connectivity index (χ0v) is 10.0. The molecule has 90 valence electrons. The predicted octanol–water partition coefficient (Wildman–Crippen LogP) is 2.32. The second-order valence-corrected chi connectivity index (χ2v) is 4.34. The highest BCUT2D eigenvalue weighted by Gasteiger charge is 2.16. The summed E-state index contributed by atoms with van der Waals surface area (Å²) in [5.74, 6) is -0.849. The summed E-state index contributed by atoms with van der Waals surface area (Å²) in [6, 6.07) is 5.45. The number of allylic oxidation sites excluding steroid dienone is 1. The minimum atomic E-state index is -0.849. The summed E-state index contributed by atoms with van der Waals surface area (Å²) in [5.41, 5.74) is 2.82. The maximum Gasteiger partial charge on any atom is 0.335 e. The largest absolute Gasteiger partial charge is 0.478 e. The second-order valence-electron chi connectivity index (χ2n) is 4.34. The van der Waals surface area contributed by atoms with Gasteiger partial charge in [-0.05, 0) is 36.6 Å². The highest BCUT2D eigenvalue weighted by molar-refractivity contribution is 5.87. The summed E-state index contributed by atoms with van der Waals surface area (Å²) in [6.45, 7) is 4.85. The van der Waals surface area contributed by atoms with Crippen LogP contribution in [0.5, 0.6) is 0 Å². The third kappa shape index (κ3) is 2.74. The molecule has 3 nitrogen and oxygen atoms in total. The number of benzene rings is 1. The number of aromatic carboxylic acids is 1. The molecule has 0 saturated heterocycles. The molecule has 17 heavy (non-hydrogen) atoms. The first-order valence-electron chi connectivity index (χ1n) is 5.89. The first kappa shape index (κ1) is 11.9. The molecule has 1 aliphatic rings. The Labute approximate surface area is 101 Å². The van der Waals surface area contributed by atoms with E-state index in [1.54, 1.807) is 12.1 Å². The smallest absolute Gasteiger partial charge is 0.335 e. The van der Waals surface area contributed by atoms with Crippen molar-refractivity contribution in [1.82, 2.24) is 4.90 Å². The van der Waals surface area contributed by atoms with E-state index in [4.69, 9.17) is 5.11 Å². The summed E-state index contributed by atoms with van der Waals surface area (Å²) in [5, 5.41) is 8.97. The maximum absolute atomic E-state index is 10.9. The van der Waals surface area contributed by atoms with E-state index >= 15 is 0 Å². The zero-order chi connectivity index (χ0) is 12.3. The fourth-order valence-electron chi connectivity index (χ4n) is 2.16. The zero-order valence-electron chi connectivity index (χ0n) is 10.0. The van der Waals surface area contributed by atoms with Crippen molar-refractivity contribution in [3.8, 4) is 0 Å². The Morgan fingerprint density at radius 2 is 2.29 bits per heavy atom. The van der Waals surface area contributed by atoms with Gasteiger partial charge >= 0.3 is 5.97 Å². The molecule has 0 spiro atoms. The molecule has 3 heteroatoms. The molecule has 1 heterocycles. The van der Waals surface area contributed by atoms with Crippen molar-refractivity contribution in [1.29, 1.82) is 0 Å². The van der Waals surface area contributed by atoms with E-state index < -0.39 is 5.97 Å². The van der Waals surface area contributed by atoms with E-state index in [2.05, 4.69) is 11.0 Å². The van der Waals surface area contributed by atoms with Crippen molar-refractivity contribution in [2.75, 3.05) is 13.1 Å². The molecule has 0 radical (unpaired) electrons. The maximum atomic E-state index is 10.9. The lowest BCUT2D eigenvalue weighted by atomic mass is 9.97. The third-order valence-electron chi connectivity index (χ3n) is 3.14. The standard InChI is InChI=1S/C14H17NO2/c1-2-3-7-15-8-6-11-4-5-12(14(16)17)9-13(11)10-15/h2-5,9H,6-8,10H2,1H3,(H,16,17)/b3-2+. The summed E-state index contributed by atoms with van der Waals surface area (Å²) in [6.07, 6.45) is 5.18. The highest BCUT2D eigenvalue weighted by atomic mass is 16.4. The lowest BCUT2D eigenvalue weighted by molar-refractivity contribution is 0.0696. The summed E-state index contributed by atoms with van der Waals surface area (Å²) in [4.78, 5) is 13.2. The van der Waals surface area contributed by atoms with Crippen LogP contribution in [0.15, 0.2) is 30.4 Å². The summed E-state index contributed by atoms with van der Waals surface area (Å²) < 4.78 is 0. The second kappa shape index (κ2) is 5.15. The van der Waals surface area contributed by atoms with E-state index in [9.17, 15) is 4.79 Å². The lowest BCUT2D eigenvalue weighted by Gasteiger charge is -2.27. The van der Waals surface area contributed by atoms with Gasteiger partial charge in [-0.25, -0.2) is 4.79 Å². The van der Waals surface area contributed by atoms with Crippen LogP contribution in [0.25, 0.3) is 0 Å². The fourth-order valence-corrected chi connectivity index (χ4v) is 2.16. The number of hydrogen-bond acceptors (Lipinski definition) is 2. The van der Waals surface area contributed by atoms with Gasteiger partial charge < -0.3 is 5.11 Å². The van der Waals surface area contributed by atoms with Crippen LogP contribution >= 0.6 is 0 Å². The van der Waals surface area contributed by atoms with Crippen molar-refractivity contribution in [3.05, 3.63) is 47.0 Å². The van der Waals surface area contributed by atoms with Gasteiger partial charge in [0.25, 0.3) is 0 Å². The topological polar surface area (TPSA) is 40.5 Å². The molecule has 0 amide bonds. The van der Waals surface area contributed by atoms with Gasteiger partial charge in [0.15, 0.2) is 0 Å². The molecule has 0 saturated carbocycles. The van der Waals surface area contributed by atoms with Crippen LogP contribution in [-0.2, 0) is 13.0 Å². The Balaban J connectivity index is 2.17. The van der Waals surface area contributed by atoms with Crippen molar-refractivity contribution >= 4 is 5.97 Å². The van der Waals surface area contributed by atoms with E-state index in [0.29, 0.717) is 5.56 Å². The highest BCUT2D eigenvalue weighted by Crippen LogP contribution is 2.20. The van der Waals surface area contributed by atoms with Gasteiger partial charge in [-0.15, -0.1) is 0 Å². The molecule has 1 N–H and O–H groups in total. The van der Waals surface area contributed by atoms with Crippen LogP contribution in [0.2, 0.25) is 0 Å². The number of carboxylic acids is 1. The van der Waals surface area contributed by atoms with Gasteiger partial charge in [-0.1, -0.05) is 18.2 Å². The normalized spacial score (nSPS) is 16.1. The summed E-state index contributed by atoms with van der Waals surface area (Å²) in [7, 11) is 0. The predicted molar refractivity (Wildman–Crippen MR) is 67.2 cm³/mol. The molecular weight excluding hydrogens is 214 g/mol. The van der Waals surface area contributed by atoms with Crippen molar-refractivity contribution in [3.63, 3.8) is 0 Å². The van der Waals surface area contributed by atoms with Crippen LogP contribution in [0.3, 0.4) is 0 Å².